The van der Waals surface area contributed by atoms with Gasteiger partial charge in [0, 0.05) is 43.5 Å². The number of nitrogens with zero attached hydrogens (tertiary/aromatic N) is 4. The summed E-state index contributed by atoms with van der Waals surface area (Å²) in [7, 11) is 2.14. The minimum absolute atomic E-state index is 0.0285. The summed E-state index contributed by atoms with van der Waals surface area (Å²) in [6, 6.07) is 20.5. The number of carboxylic acids is 1. The van der Waals surface area contributed by atoms with Crippen LogP contribution < -0.4 is 14.6 Å². The van der Waals surface area contributed by atoms with Gasteiger partial charge >= 0.3 is 5.97 Å². The number of carbonyl (C=O) groups excluding carboxylic acids is 1. The van der Waals surface area contributed by atoms with E-state index in [9.17, 15) is 14.7 Å². The molecule has 1 N–H and O–H groups in total. The van der Waals surface area contributed by atoms with Crippen molar-refractivity contribution < 1.29 is 19.4 Å². The number of rotatable bonds is 7. The van der Waals surface area contributed by atoms with E-state index in [0.29, 0.717) is 28.5 Å². The van der Waals surface area contributed by atoms with Crippen LogP contribution in [0.1, 0.15) is 56.1 Å². The summed E-state index contributed by atoms with van der Waals surface area (Å²) < 4.78 is 6.51. The molecular weight excluding hydrogens is 540 g/mol. The van der Waals surface area contributed by atoms with Crippen molar-refractivity contribution in [3.63, 3.8) is 0 Å². The molecule has 1 saturated heterocycles. The van der Waals surface area contributed by atoms with Crippen LogP contribution in [0.15, 0.2) is 77.4 Å². The van der Waals surface area contributed by atoms with E-state index < -0.39 is 5.97 Å². The number of amides is 1. The standard InChI is InChI=1S/C35H40N4O4/c1-23(2)32-30(33(40)39(36-32)28-9-7-8-25(20-28)34(41)42)21-24-10-13-27(38-18-16-37(6)17-19-38)22-31(24)43-29-14-11-26(12-15-29)35(3,4)5/h7-15,20-23H,16-19H2,1-6H3,(H,41,42)/b30-21-. The normalized spacial score (nSPS) is 17.1. The Morgan fingerprint density at radius 3 is 2.28 bits per heavy atom. The van der Waals surface area contributed by atoms with Crippen molar-refractivity contribution in [3.05, 3.63) is 89.0 Å². The van der Waals surface area contributed by atoms with E-state index in [1.165, 1.54) is 22.7 Å². The first kappa shape index (κ1) is 30.0. The Balaban J connectivity index is 1.54. The number of benzene rings is 3. The molecule has 8 nitrogen and oxygen atoms in total. The Bertz CT molecular complexity index is 1580. The van der Waals surface area contributed by atoms with Crippen LogP contribution in [0.25, 0.3) is 6.08 Å². The molecular formula is C35H40N4O4. The molecule has 0 bridgehead atoms. The third-order valence-corrected chi connectivity index (χ3v) is 7.90. The minimum atomic E-state index is -1.06. The third-order valence-electron chi connectivity index (χ3n) is 7.90. The number of hydrogen-bond donors (Lipinski definition) is 1. The van der Waals surface area contributed by atoms with E-state index in [0.717, 1.165) is 37.4 Å². The summed E-state index contributed by atoms with van der Waals surface area (Å²) >= 11 is 0. The first-order valence-corrected chi connectivity index (χ1v) is 14.7. The number of hydrazone groups is 1. The molecule has 43 heavy (non-hydrogen) atoms. The molecule has 2 heterocycles. The molecule has 0 spiro atoms. The van der Waals surface area contributed by atoms with E-state index in [-0.39, 0.29) is 22.8 Å². The second-order valence-electron chi connectivity index (χ2n) is 12.6. The van der Waals surface area contributed by atoms with Gasteiger partial charge in [-0.25, -0.2) is 4.79 Å². The van der Waals surface area contributed by atoms with Crippen molar-refractivity contribution >= 4 is 35.0 Å². The molecule has 5 rings (SSSR count). The Kier molecular flexibility index (Phi) is 8.42. The Morgan fingerprint density at radius 2 is 1.65 bits per heavy atom. The molecule has 0 radical (unpaired) electrons. The lowest BCUT2D eigenvalue weighted by Gasteiger charge is -2.34. The fourth-order valence-corrected chi connectivity index (χ4v) is 5.24. The van der Waals surface area contributed by atoms with Gasteiger partial charge in [0.15, 0.2) is 0 Å². The van der Waals surface area contributed by atoms with Gasteiger partial charge in [0.05, 0.1) is 22.5 Å². The minimum Gasteiger partial charge on any atom is -0.478 e. The number of anilines is 2. The second kappa shape index (κ2) is 12.1. The number of carboxylic acid groups (broad SMARTS) is 1. The highest BCUT2D eigenvalue weighted by atomic mass is 16.5. The lowest BCUT2D eigenvalue weighted by Crippen LogP contribution is -2.44. The molecule has 3 aromatic rings. The SMILES string of the molecule is CC(C)C1=NN(c2cccc(C(=O)O)c2)C(=O)/C1=C\c1ccc(N2CCN(C)CC2)cc1Oc1ccc(C(C)(C)C)cc1. The van der Waals surface area contributed by atoms with Crippen LogP contribution in [-0.4, -0.2) is 60.8 Å². The van der Waals surface area contributed by atoms with Crippen LogP contribution in [0, 0.1) is 5.92 Å². The van der Waals surface area contributed by atoms with E-state index >= 15 is 0 Å². The molecule has 1 amide bonds. The first-order valence-electron chi connectivity index (χ1n) is 14.7. The molecule has 0 aliphatic carbocycles. The predicted molar refractivity (Wildman–Crippen MR) is 173 cm³/mol. The fourth-order valence-electron chi connectivity index (χ4n) is 5.24. The van der Waals surface area contributed by atoms with Gasteiger partial charge in [-0.05, 0) is 72.5 Å². The molecule has 1 fully saturated rings. The van der Waals surface area contributed by atoms with Gasteiger partial charge in [-0.2, -0.15) is 10.1 Å². The summed E-state index contributed by atoms with van der Waals surface area (Å²) in [4.78, 5) is 30.0. The zero-order valence-electron chi connectivity index (χ0n) is 25.8. The highest BCUT2D eigenvalue weighted by Crippen LogP contribution is 2.35. The van der Waals surface area contributed by atoms with Crippen molar-refractivity contribution in [1.29, 1.82) is 0 Å². The second-order valence-corrected chi connectivity index (χ2v) is 12.6. The van der Waals surface area contributed by atoms with Gasteiger partial charge in [-0.15, -0.1) is 0 Å². The maximum Gasteiger partial charge on any atom is 0.335 e. The molecule has 0 unspecified atom stereocenters. The van der Waals surface area contributed by atoms with E-state index in [2.05, 4.69) is 67.0 Å². The summed E-state index contributed by atoms with van der Waals surface area (Å²) in [5.41, 5.74) is 4.67. The molecule has 0 aromatic heterocycles. The van der Waals surface area contributed by atoms with Crippen molar-refractivity contribution in [1.82, 2.24) is 4.90 Å². The molecule has 224 valence electrons. The van der Waals surface area contributed by atoms with Gasteiger partial charge < -0.3 is 19.6 Å². The lowest BCUT2D eigenvalue weighted by molar-refractivity contribution is -0.114. The summed E-state index contributed by atoms with van der Waals surface area (Å²) in [5.74, 6) is -0.0489. The van der Waals surface area contributed by atoms with Gasteiger partial charge in [0.25, 0.3) is 5.91 Å². The van der Waals surface area contributed by atoms with Crippen LogP contribution in [0.3, 0.4) is 0 Å². The Hall–Kier alpha value is -4.43. The molecule has 3 aromatic carbocycles. The van der Waals surface area contributed by atoms with E-state index in [4.69, 9.17) is 4.74 Å². The largest absolute Gasteiger partial charge is 0.478 e. The van der Waals surface area contributed by atoms with Crippen molar-refractivity contribution in [2.24, 2.45) is 11.0 Å². The quantitative estimate of drug-likeness (QED) is 0.314. The number of likely N-dealkylation sites (N-methyl/N-ethyl adjacent to an activating group) is 1. The smallest absolute Gasteiger partial charge is 0.335 e. The summed E-state index contributed by atoms with van der Waals surface area (Å²) in [6.07, 6.45) is 1.84. The van der Waals surface area contributed by atoms with E-state index in [1.807, 2.05) is 38.1 Å². The molecule has 8 heteroatoms. The van der Waals surface area contributed by atoms with Crippen LogP contribution in [-0.2, 0) is 10.2 Å². The molecule has 0 atom stereocenters. The highest BCUT2D eigenvalue weighted by molar-refractivity contribution is 6.33. The van der Waals surface area contributed by atoms with Crippen molar-refractivity contribution in [2.45, 2.75) is 40.0 Å². The number of ether oxygens (including phenoxy) is 1. The summed E-state index contributed by atoms with van der Waals surface area (Å²) in [5, 5.41) is 15.4. The molecule has 0 saturated carbocycles. The predicted octanol–water partition coefficient (Wildman–Crippen LogP) is 6.67. The average molecular weight is 581 g/mol. The zero-order valence-corrected chi connectivity index (χ0v) is 25.8. The van der Waals surface area contributed by atoms with Gasteiger partial charge in [-0.3, -0.25) is 4.79 Å². The van der Waals surface area contributed by atoms with Crippen LogP contribution >= 0.6 is 0 Å². The molecule has 2 aliphatic rings. The summed E-state index contributed by atoms with van der Waals surface area (Å²) in [6.45, 7) is 14.3. The number of carbonyl (C=O) groups is 2. The van der Waals surface area contributed by atoms with E-state index in [1.54, 1.807) is 12.1 Å². The highest BCUT2D eigenvalue weighted by Gasteiger charge is 2.33. The first-order chi connectivity index (χ1) is 20.4. The van der Waals surface area contributed by atoms with Gasteiger partial charge in [-0.1, -0.05) is 52.8 Å². The maximum atomic E-state index is 13.8. The van der Waals surface area contributed by atoms with Crippen molar-refractivity contribution in [3.8, 4) is 11.5 Å². The number of piperazine rings is 1. The Morgan fingerprint density at radius 1 is 0.953 bits per heavy atom. The monoisotopic (exact) mass is 580 g/mol. The van der Waals surface area contributed by atoms with Gasteiger partial charge in [0.2, 0.25) is 0 Å². The zero-order chi connectivity index (χ0) is 30.9. The third kappa shape index (κ3) is 6.65. The fraction of sp³-hybridized carbons (Fsp3) is 0.343. The van der Waals surface area contributed by atoms with Gasteiger partial charge in [0.1, 0.15) is 11.5 Å². The lowest BCUT2D eigenvalue weighted by atomic mass is 9.87. The number of hydrogen-bond acceptors (Lipinski definition) is 6. The van der Waals surface area contributed by atoms with Crippen molar-refractivity contribution in [2.75, 3.05) is 43.1 Å². The maximum absolute atomic E-state index is 13.8. The molecule has 2 aliphatic heterocycles. The topological polar surface area (TPSA) is 85.7 Å². The average Bonchev–Trinajstić information content (AvgIpc) is 3.30. The van der Waals surface area contributed by atoms with Crippen LogP contribution in [0.4, 0.5) is 11.4 Å². The van der Waals surface area contributed by atoms with Crippen LogP contribution in [0.5, 0.6) is 11.5 Å². The number of aromatic carboxylic acids is 1. The van der Waals surface area contributed by atoms with Crippen LogP contribution in [0.2, 0.25) is 0 Å². The Labute approximate surface area is 253 Å².